The lowest BCUT2D eigenvalue weighted by molar-refractivity contribution is -0.112. The number of carbonyl (C=O) groups is 2. The molecule has 0 aliphatic rings. The number of halogens is 2. The van der Waals surface area contributed by atoms with Crippen molar-refractivity contribution in [1.29, 1.82) is 0 Å². The van der Waals surface area contributed by atoms with Gasteiger partial charge in [-0.1, -0.05) is 30.3 Å². The third-order valence-corrected chi connectivity index (χ3v) is 2.42. The molecule has 0 spiro atoms. The highest BCUT2D eigenvalue weighted by Crippen LogP contribution is 2.15. The molecule has 2 aromatic rings. The fourth-order valence-electron chi connectivity index (χ4n) is 1.49. The lowest BCUT2D eigenvalue weighted by atomic mass is 10.1. The Hall–Kier alpha value is -2.56. The van der Waals surface area contributed by atoms with Crippen LogP contribution in [0.25, 0.3) is 0 Å². The minimum atomic E-state index is -1.02. The zero-order valence-corrected chi connectivity index (χ0v) is 9.69. The maximum absolute atomic E-state index is 13.3. The Morgan fingerprint density at radius 2 is 1.63 bits per heavy atom. The van der Waals surface area contributed by atoms with Gasteiger partial charge in [-0.15, -0.1) is 0 Å². The van der Waals surface area contributed by atoms with Crippen molar-refractivity contribution in [2.75, 3.05) is 5.32 Å². The van der Waals surface area contributed by atoms with E-state index < -0.39 is 23.3 Å². The molecule has 2 aromatic carbocycles. The lowest BCUT2D eigenvalue weighted by Crippen LogP contribution is -2.23. The Morgan fingerprint density at radius 3 is 2.32 bits per heavy atom. The fraction of sp³-hybridized carbons (Fsp3) is 0. The number of hydrogen-bond donors (Lipinski definition) is 1. The molecule has 0 aliphatic carbocycles. The molecule has 19 heavy (non-hydrogen) atoms. The van der Waals surface area contributed by atoms with Crippen LogP contribution in [0.15, 0.2) is 48.5 Å². The summed E-state index contributed by atoms with van der Waals surface area (Å²) in [4.78, 5) is 23.3. The van der Waals surface area contributed by atoms with Crippen LogP contribution in [-0.4, -0.2) is 11.7 Å². The fourth-order valence-corrected chi connectivity index (χ4v) is 1.49. The SMILES string of the molecule is O=C(Nc1cc(F)ccc1F)C(=O)c1ccccc1. The van der Waals surface area contributed by atoms with E-state index in [0.29, 0.717) is 0 Å². The van der Waals surface area contributed by atoms with E-state index in [1.807, 2.05) is 5.32 Å². The van der Waals surface area contributed by atoms with Crippen LogP contribution in [0.1, 0.15) is 10.4 Å². The van der Waals surface area contributed by atoms with Crippen LogP contribution in [0.2, 0.25) is 0 Å². The topological polar surface area (TPSA) is 46.2 Å². The maximum atomic E-state index is 13.3. The number of rotatable bonds is 3. The number of nitrogens with one attached hydrogen (secondary N) is 1. The first-order chi connectivity index (χ1) is 9.08. The third kappa shape index (κ3) is 3.01. The van der Waals surface area contributed by atoms with Crippen molar-refractivity contribution in [3.63, 3.8) is 0 Å². The molecule has 0 saturated heterocycles. The minimum absolute atomic E-state index is 0.178. The largest absolute Gasteiger partial charge is 0.316 e. The van der Waals surface area contributed by atoms with Crippen LogP contribution < -0.4 is 5.32 Å². The Bertz CT molecular complexity index is 627. The molecule has 1 amide bonds. The Balaban J connectivity index is 2.18. The van der Waals surface area contributed by atoms with E-state index in [1.165, 1.54) is 12.1 Å². The van der Waals surface area contributed by atoms with Crippen LogP contribution >= 0.6 is 0 Å². The molecule has 0 atom stereocenters. The number of benzene rings is 2. The molecule has 0 heterocycles. The molecule has 0 radical (unpaired) electrons. The number of carbonyl (C=O) groups excluding carboxylic acids is 2. The standard InChI is InChI=1S/C14H9F2NO2/c15-10-6-7-11(16)12(8-10)17-14(19)13(18)9-4-2-1-3-5-9/h1-8H,(H,17,19). The van der Waals surface area contributed by atoms with Crippen LogP contribution in [0.5, 0.6) is 0 Å². The summed E-state index contributed by atoms with van der Waals surface area (Å²) in [5.41, 5.74) is -0.189. The number of anilines is 1. The van der Waals surface area contributed by atoms with E-state index in [1.54, 1.807) is 18.2 Å². The van der Waals surface area contributed by atoms with Gasteiger partial charge in [-0.25, -0.2) is 8.78 Å². The molecule has 1 N–H and O–H groups in total. The first kappa shape index (κ1) is 12.9. The lowest BCUT2D eigenvalue weighted by Gasteiger charge is -2.05. The zero-order chi connectivity index (χ0) is 13.8. The number of Topliss-reactive ketones (excluding diaryl/α,β-unsaturated/α-hetero) is 1. The summed E-state index contributed by atoms with van der Waals surface area (Å²) < 4.78 is 26.2. The highest BCUT2D eigenvalue weighted by molar-refractivity contribution is 6.46. The molecule has 0 aliphatic heterocycles. The zero-order valence-electron chi connectivity index (χ0n) is 9.69. The Morgan fingerprint density at radius 1 is 0.947 bits per heavy atom. The van der Waals surface area contributed by atoms with Crippen molar-refractivity contribution in [2.45, 2.75) is 0 Å². The second-order valence-corrected chi connectivity index (χ2v) is 3.77. The van der Waals surface area contributed by atoms with Crippen molar-refractivity contribution in [1.82, 2.24) is 0 Å². The van der Waals surface area contributed by atoms with Crippen molar-refractivity contribution >= 4 is 17.4 Å². The monoisotopic (exact) mass is 261 g/mol. The number of ketones is 1. The van der Waals surface area contributed by atoms with Crippen LogP contribution in [0.4, 0.5) is 14.5 Å². The first-order valence-electron chi connectivity index (χ1n) is 5.43. The third-order valence-electron chi connectivity index (χ3n) is 2.42. The molecule has 0 fully saturated rings. The average molecular weight is 261 g/mol. The predicted molar refractivity (Wildman–Crippen MR) is 65.8 cm³/mol. The average Bonchev–Trinajstić information content (AvgIpc) is 2.43. The van der Waals surface area contributed by atoms with Crippen LogP contribution in [0.3, 0.4) is 0 Å². The van der Waals surface area contributed by atoms with Crippen molar-refractivity contribution in [3.8, 4) is 0 Å². The number of hydrogen-bond acceptors (Lipinski definition) is 2. The molecule has 96 valence electrons. The molecule has 0 unspecified atom stereocenters. The molecule has 3 nitrogen and oxygen atoms in total. The second kappa shape index (κ2) is 5.39. The summed E-state index contributed by atoms with van der Waals surface area (Å²) >= 11 is 0. The smallest absolute Gasteiger partial charge is 0.296 e. The van der Waals surface area contributed by atoms with Gasteiger partial charge in [-0.3, -0.25) is 9.59 Å². The molecule has 0 aromatic heterocycles. The van der Waals surface area contributed by atoms with Gasteiger partial charge in [0.15, 0.2) is 0 Å². The van der Waals surface area contributed by atoms with Crippen molar-refractivity contribution < 1.29 is 18.4 Å². The van der Waals surface area contributed by atoms with Gasteiger partial charge >= 0.3 is 0 Å². The van der Waals surface area contributed by atoms with E-state index in [0.717, 1.165) is 18.2 Å². The normalized spacial score (nSPS) is 10.0. The number of amides is 1. The van der Waals surface area contributed by atoms with E-state index >= 15 is 0 Å². The quantitative estimate of drug-likeness (QED) is 0.682. The summed E-state index contributed by atoms with van der Waals surface area (Å²) in [6, 6.07) is 10.4. The molecular formula is C14H9F2NO2. The van der Waals surface area contributed by atoms with Gasteiger partial charge in [0.1, 0.15) is 11.6 Å². The van der Waals surface area contributed by atoms with Gasteiger partial charge in [-0.2, -0.15) is 0 Å². The highest BCUT2D eigenvalue weighted by atomic mass is 19.1. The predicted octanol–water partition coefficient (Wildman–Crippen LogP) is 2.79. The summed E-state index contributed by atoms with van der Waals surface area (Å²) in [5, 5.41) is 2.05. The van der Waals surface area contributed by atoms with E-state index in [9.17, 15) is 18.4 Å². The van der Waals surface area contributed by atoms with E-state index in [4.69, 9.17) is 0 Å². The van der Waals surface area contributed by atoms with Gasteiger partial charge in [0.25, 0.3) is 11.7 Å². The van der Waals surface area contributed by atoms with Crippen molar-refractivity contribution in [3.05, 3.63) is 65.7 Å². The van der Waals surface area contributed by atoms with Gasteiger partial charge in [0.2, 0.25) is 0 Å². The molecule has 5 heteroatoms. The van der Waals surface area contributed by atoms with Crippen LogP contribution in [-0.2, 0) is 4.79 Å². The van der Waals surface area contributed by atoms with E-state index in [-0.39, 0.29) is 11.3 Å². The molecule has 0 saturated carbocycles. The summed E-state index contributed by atoms with van der Waals surface area (Å²) in [6.45, 7) is 0. The highest BCUT2D eigenvalue weighted by Gasteiger charge is 2.17. The molecule has 0 bridgehead atoms. The van der Waals surface area contributed by atoms with Crippen molar-refractivity contribution in [2.24, 2.45) is 0 Å². The second-order valence-electron chi connectivity index (χ2n) is 3.77. The minimum Gasteiger partial charge on any atom is -0.316 e. The summed E-state index contributed by atoms with van der Waals surface area (Å²) in [7, 11) is 0. The Kier molecular flexibility index (Phi) is 3.66. The van der Waals surface area contributed by atoms with Gasteiger partial charge in [0.05, 0.1) is 5.69 Å². The van der Waals surface area contributed by atoms with Gasteiger partial charge in [-0.05, 0) is 12.1 Å². The summed E-state index contributed by atoms with van der Waals surface area (Å²) in [5.74, 6) is -3.35. The van der Waals surface area contributed by atoms with Gasteiger partial charge in [0, 0.05) is 11.6 Å². The van der Waals surface area contributed by atoms with E-state index in [2.05, 4.69) is 0 Å². The molecule has 2 rings (SSSR count). The summed E-state index contributed by atoms with van der Waals surface area (Å²) in [6.07, 6.45) is 0. The maximum Gasteiger partial charge on any atom is 0.296 e. The van der Waals surface area contributed by atoms with Crippen LogP contribution in [0, 0.1) is 11.6 Å². The first-order valence-corrected chi connectivity index (χ1v) is 5.43. The molecular weight excluding hydrogens is 252 g/mol. The Labute approximate surface area is 107 Å². The van der Waals surface area contributed by atoms with Gasteiger partial charge < -0.3 is 5.32 Å².